The molecule has 20 heavy (non-hydrogen) atoms. The van der Waals surface area contributed by atoms with E-state index in [1.165, 1.54) is 0 Å². The van der Waals surface area contributed by atoms with Gasteiger partial charge < -0.3 is 19.7 Å². The van der Waals surface area contributed by atoms with Crippen molar-refractivity contribution in [2.24, 2.45) is 5.92 Å². The smallest absolute Gasteiger partial charge is 0.306 e. The monoisotopic (exact) mass is 282 g/mol. The molecule has 0 amide bonds. The normalized spacial score (nSPS) is 13.8. The molecule has 1 rings (SSSR count). The number of hydrogen-bond acceptors (Lipinski definition) is 4. The summed E-state index contributed by atoms with van der Waals surface area (Å²) >= 11 is 0. The van der Waals surface area contributed by atoms with Crippen LogP contribution in [0, 0.1) is 5.92 Å². The molecular weight excluding hydrogens is 260 g/mol. The molecular formula is C15H22O5. The summed E-state index contributed by atoms with van der Waals surface area (Å²) in [5.41, 5.74) is 0.904. The minimum Gasteiger partial charge on any atom is -0.497 e. The number of carboxylic acid groups (broad SMARTS) is 1. The lowest BCUT2D eigenvalue weighted by atomic mass is 9.94. The largest absolute Gasteiger partial charge is 0.497 e. The number of carboxylic acids is 1. The molecule has 0 fully saturated rings. The van der Waals surface area contributed by atoms with Crippen LogP contribution in [0.4, 0.5) is 0 Å². The van der Waals surface area contributed by atoms with Crippen molar-refractivity contribution in [3.8, 4) is 5.75 Å². The van der Waals surface area contributed by atoms with Gasteiger partial charge in [0.1, 0.15) is 5.75 Å². The van der Waals surface area contributed by atoms with E-state index in [0.717, 1.165) is 11.3 Å². The molecule has 0 bridgehead atoms. The lowest BCUT2D eigenvalue weighted by Crippen LogP contribution is -2.25. The van der Waals surface area contributed by atoms with Crippen molar-refractivity contribution in [2.75, 3.05) is 20.3 Å². The number of aliphatic hydroxyl groups is 1. The van der Waals surface area contributed by atoms with Crippen molar-refractivity contribution >= 4 is 5.97 Å². The second kappa shape index (κ2) is 8.55. The Labute approximate surface area is 119 Å². The van der Waals surface area contributed by atoms with Gasteiger partial charge >= 0.3 is 5.97 Å². The maximum Gasteiger partial charge on any atom is 0.306 e. The number of methoxy groups -OCH3 is 1. The molecule has 1 aromatic carbocycles. The Hall–Kier alpha value is -1.59. The van der Waals surface area contributed by atoms with E-state index in [1.807, 2.05) is 19.1 Å². The first-order chi connectivity index (χ1) is 9.56. The maximum atomic E-state index is 11.3. The molecule has 112 valence electrons. The molecule has 2 unspecified atom stereocenters. The van der Waals surface area contributed by atoms with E-state index < -0.39 is 18.0 Å². The topological polar surface area (TPSA) is 76.0 Å². The van der Waals surface area contributed by atoms with Gasteiger partial charge in [-0.25, -0.2) is 0 Å². The average Bonchev–Trinajstić information content (AvgIpc) is 2.45. The second-order valence-corrected chi connectivity index (χ2v) is 4.64. The predicted molar refractivity (Wildman–Crippen MR) is 74.9 cm³/mol. The van der Waals surface area contributed by atoms with Gasteiger partial charge in [0.25, 0.3) is 0 Å². The van der Waals surface area contributed by atoms with E-state index in [1.54, 1.807) is 19.2 Å². The highest BCUT2D eigenvalue weighted by Gasteiger charge is 2.22. The van der Waals surface area contributed by atoms with Crippen LogP contribution >= 0.6 is 0 Å². The van der Waals surface area contributed by atoms with Gasteiger partial charge in [0, 0.05) is 6.61 Å². The zero-order valence-electron chi connectivity index (χ0n) is 11.9. The molecule has 0 saturated carbocycles. The van der Waals surface area contributed by atoms with Crippen LogP contribution in [-0.4, -0.2) is 42.6 Å². The first kappa shape index (κ1) is 16.5. The molecule has 0 saturated heterocycles. The number of benzene rings is 1. The van der Waals surface area contributed by atoms with E-state index in [9.17, 15) is 15.0 Å². The Morgan fingerprint density at radius 1 is 1.30 bits per heavy atom. The van der Waals surface area contributed by atoms with E-state index >= 15 is 0 Å². The van der Waals surface area contributed by atoms with Gasteiger partial charge in [-0.2, -0.15) is 0 Å². The third-order valence-electron chi connectivity index (χ3n) is 3.06. The number of ether oxygens (including phenoxy) is 2. The molecule has 5 nitrogen and oxygen atoms in total. The van der Waals surface area contributed by atoms with Crippen LogP contribution in [0.25, 0.3) is 0 Å². The highest BCUT2D eigenvalue weighted by atomic mass is 16.5. The summed E-state index contributed by atoms with van der Waals surface area (Å²) in [6, 6.07) is 7.27. The van der Waals surface area contributed by atoms with E-state index in [-0.39, 0.29) is 13.0 Å². The molecule has 2 N–H and O–H groups in total. The second-order valence-electron chi connectivity index (χ2n) is 4.64. The molecule has 0 heterocycles. The van der Waals surface area contributed by atoms with Gasteiger partial charge in [0.2, 0.25) is 0 Å². The fourth-order valence-electron chi connectivity index (χ4n) is 1.97. The van der Waals surface area contributed by atoms with Crippen LogP contribution < -0.4 is 4.74 Å². The summed E-state index contributed by atoms with van der Waals surface area (Å²) in [4.78, 5) is 11.3. The molecule has 2 atom stereocenters. The Balaban J connectivity index is 2.59. The molecule has 1 aromatic rings. The van der Waals surface area contributed by atoms with Crippen LogP contribution in [0.2, 0.25) is 0 Å². The standard InChI is InChI=1S/C15H22O5/c1-3-20-10-13(16)9-12(15(17)18)8-11-4-6-14(19-2)7-5-11/h4-7,12-13,16H,3,8-10H2,1-2H3,(H,17,18). The number of rotatable bonds is 9. The minimum atomic E-state index is -0.906. The van der Waals surface area contributed by atoms with Crippen molar-refractivity contribution < 1.29 is 24.5 Å². The Bertz CT molecular complexity index is 401. The Morgan fingerprint density at radius 3 is 2.45 bits per heavy atom. The Kier molecular flexibility index (Phi) is 7.04. The van der Waals surface area contributed by atoms with Crippen molar-refractivity contribution in [3.05, 3.63) is 29.8 Å². The number of aliphatic hydroxyl groups excluding tert-OH is 1. The van der Waals surface area contributed by atoms with E-state index in [2.05, 4.69) is 0 Å². The fourth-order valence-corrected chi connectivity index (χ4v) is 1.97. The lowest BCUT2D eigenvalue weighted by Gasteiger charge is -2.17. The van der Waals surface area contributed by atoms with Crippen molar-refractivity contribution in [1.82, 2.24) is 0 Å². The van der Waals surface area contributed by atoms with E-state index in [0.29, 0.717) is 13.0 Å². The zero-order valence-corrected chi connectivity index (χ0v) is 11.9. The minimum absolute atomic E-state index is 0.170. The fraction of sp³-hybridized carbons (Fsp3) is 0.533. The van der Waals surface area contributed by atoms with Crippen LogP contribution in [0.15, 0.2) is 24.3 Å². The van der Waals surface area contributed by atoms with Crippen LogP contribution in [0.5, 0.6) is 5.75 Å². The summed E-state index contributed by atoms with van der Waals surface area (Å²) in [5, 5.41) is 19.0. The van der Waals surface area contributed by atoms with Crippen molar-refractivity contribution in [1.29, 1.82) is 0 Å². The molecule has 5 heteroatoms. The molecule has 0 radical (unpaired) electrons. The highest BCUT2D eigenvalue weighted by Crippen LogP contribution is 2.18. The third kappa shape index (κ3) is 5.59. The summed E-state index contributed by atoms with van der Waals surface area (Å²) in [6.07, 6.45) is -0.196. The summed E-state index contributed by atoms with van der Waals surface area (Å²) in [7, 11) is 1.58. The van der Waals surface area contributed by atoms with Crippen LogP contribution in [-0.2, 0) is 16.0 Å². The average molecular weight is 282 g/mol. The predicted octanol–water partition coefficient (Wildman–Crippen LogP) is 1.73. The third-order valence-corrected chi connectivity index (χ3v) is 3.06. The summed E-state index contributed by atoms with van der Waals surface area (Å²) in [6.45, 7) is 2.51. The van der Waals surface area contributed by atoms with Gasteiger partial charge in [-0.05, 0) is 37.5 Å². The van der Waals surface area contributed by atoms with Crippen molar-refractivity contribution in [3.63, 3.8) is 0 Å². The number of carbonyl (C=O) groups is 1. The van der Waals surface area contributed by atoms with Gasteiger partial charge in [-0.15, -0.1) is 0 Å². The molecule has 0 spiro atoms. The van der Waals surface area contributed by atoms with Gasteiger partial charge in [0.15, 0.2) is 0 Å². The quantitative estimate of drug-likeness (QED) is 0.721. The maximum absolute atomic E-state index is 11.3. The first-order valence-electron chi connectivity index (χ1n) is 6.68. The number of aliphatic carboxylic acids is 1. The van der Waals surface area contributed by atoms with Crippen molar-refractivity contribution in [2.45, 2.75) is 25.9 Å². The van der Waals surface area contributed by atoms with Crippen LogP contribution in [0.3, 0.4) is 0 Å². The van der Waals surface area contributed by atoms with E-state index in [4.69, 9.17) is 9.47 Å². The Morgan fingerprint density at radius 2 is 1.95 bits per heavy atom. The zero-order chi connectivity index (χ0) is 15.0. The molecule has 0 aliphatic rings. The first-order valence-corrected chi connectivity index (χ1v) is 6.68. The summed E-state index contributed by atoms with van der Waals surface area (Å²) in [5.74, 6) is -0.799. The van der Waals surface area contributed by atoms with Gasteiger partial charge in [-0.3, -0.25) is 4.79 Å². The SMILES string of the molecule is CCOCC(O)CC(Cc1ccc(OC)cc1)C(=O)O. The van der Waals surface area contributed by atoms with Gasteiger partial charge in [0.05, 0.1) is 25.7 Å². The van der Waals surface area contributed by atoms with Gasteiger partial charge in [-0.1, -0.05) is 12.1 Å². The molecule has 0 aromatic heterocycles. The lowest BCUT2D eigenvalue weighted by molar-refractivity contribution is -0.143. The highest BCUT2D eigenvalue weighted by molar-refractivity contribution is 5.70. The molecule has 0 aliphatic heterocycles. The number of hydrogen-bond donors (Lipinski definition) is 2. The molecule has 0 aliphatic carbocycles. The van der Waals surface area contributed by atoms with Crippen LogP contribution in [0.1, 0.15) is 18.9 Å². The summed E-state index contributed by atoms with van der Waals surface area (Å²) < 4.78 is 10.2.